The Kier molecular flexibility index (Phi) is 4.66. The third kappa shape index (κ3) is 3.87. The van der Waals surface area contributed by atoms with Crippen LogP contribution in [0.3, 0.4) is 0 Å². The molecular weight excluding hydrogens is 216 g/mol. The van der Waals surface area contributed by atoms with Crippen LogP contribution in [-0.2, 0) is 0 Å². The van der Waals surface area contributed by atoms with Crippen LogP contribution >= 0.6 is 0 Å². The van der Waals surface area contributed by atoms with Gasteiger partial charge in [0.1, 0.15) is 0 Å². The maximum absolute atomic E-state index is 11.6. The number of urea groups is 1. The topological polar surface area (TPSA) is 61.4 Å². The van der Waals surface area contributed by atoms with Crippen LogP contribution < -0.4 is 10.6 Å². The molecule has 3 N–H and O–H groups in total. The van der Waals surface area contributed by atoms with Crippen molar-refractivity contribution in [2.75, 3.05) is 6.54 Å². The zero-order valence-corrected chi connectivity index (χ0v) is 10.5. The van der Waals surface area contributed by atoms with Crippen molar-refractivity contribution in [2.24, 2.45) is 5.92 Å². The summed E-state index contributed by atoms with van der Waals surface area (Å²) in [4.78, 5) is 11.6. The zero-order chi connectivity index (χ0) is 12.1. The SMILES string of the molecule is O=C(NCC1CCCCC1O)NC1CCCC1. The summed E-state index contributed by atoms with van der Waals surface area (Å²) >= 11 is 0. The Morgan fingerprint density at radius 1 is 1.06 bits per heavy atom. The first-order valence-electron chi connectivity index (χ1n) is 6.98. The largest absolute Gasteiger partial charge is 0.393 e. The molecule has 2 saturated carbocycles. The number of nitrogens with one attached hydrogen (secondary N) is 2. The van der Waals surface area contributed by atoms with Crippen molar-refractivity contribution in [3.8, 4) is 0 Å². The number of amides is 2. The molecule has 4 heteroatoms. The second-order valence-electron chi connectivity index (χ2n) is 5.45. The summed E-state index contributed by atoms with van der Waals surface area (Å²) in [6.45, 7) is 0.611. The Morgan fingerprint density at radius 2 is 1.71 bits per heavy atom. The van der Waals surface area contributed by atoms with Gasteiger partial charge in [-0.2, -0.15) is 0 Å². The van der Waals surface area contributed by atoms with Crippen LogP contribution in [0.1, 0.15) is 51.4 Å². The fraction of sp³-hybridized carbons (Fsp3) is 0.923. The molecule has 0 spiro atoms. The predicted octanol–water partition coefficient (Wildman–Crippen LogP) is 1.78. The lowest BCUT2D eigenvalue weighted by Crippen LogP contribution is -2.44. The van der Waals surface area contributed by atoms with E-state index in [-0.39, 0.29) is 18.1 Å². The highest BCUT2D eigenvalue weighted by molar-refractivity contribution is 5.74. The van der Waals surface area contributed by atoms with E-state index in [2.05, 4.69) is 10.6 Å². The third-order valence-corrected chi connectivity index (χ3v) is 4.08. The lowest BCUT2D eigenvalue weighted by atomic mass is 9.86. The van der Waals surface area contributed by atoms with Crippen molar-refractivity contribution < 1.29 is 9.90 Å². The molecule has 2 amide bonds. The first-order chi connectivity index (χ1) is 8.25. The minimum Gasteiger partial charge on any atom is -0.393 e. The second kappa shape index (κ2) is 6.24. The molecule has 0 aromatic heterocycles. The number of hydrogen-bond donors (Lipinski definition) is 3. The molecule has 2 fully saturated rings. The quantitative estimate of drug-likeness (QED) is 0.704. The molecule has 0 aromatic carbocycles. The van der Waals surface area contributed by atoms with Crippen molar-refractivity contribution in [1.82, 2.24) is 10.6 Å². The lowest BCUT2D eigenvalue weighted by Gasteiger charge is -2.27. The van der Waals surface area contributed by atoms with E-state index in [1.165, 1.54) is 19.3 Å². The van der Waals surface area contributed by atoms with E-state index in [4.69, 9.17) is 0 Å². The van der Waals surface area contributed by atoms with E-state index >= 15 is 0 Å². The molecule has 2 aliphatic rings. The molecule has 0 bridgehead atoms. The number of rotatable bonds is 3. The molecule has 2 unspecified atom stereocenters. The molecule has 0 saturated heterocycles. The fourth-order valence-corrected chi connectivity index (χ4v) is 2.96. The number of aliphatic hydroxyl groups excluding tert-OH is 1. The monoisotopic (exact) mass is 240 g/mol. The zero-order valence-electron chi connectivity index (χ0n) is 10.5. The Balaban J connectivity index is 1.64. The highest BCUT2D eigenvalue weighted by atomic mass is 16.3. The van der Waals surface area contributed by atoms with Gasteiger partial charge in [-0.15, -0.1) is 0 Å². The van der Waals surface area contributed by atoms with E-state index in [0.717, 1.165) is 32.1 Å². The maximum Gasteiger partial charge on any atom is 0.315 e. The van der Waals surface area contributed by atoms with Gasteiger partial charge < -0.3 is 15.7 Å². The third-order valence-electron chi connectivity index (χ3n) is 4.08. The predicted molar refractivity (Wildman–Crippen MR) is 66.8 cm³/mol. The summed E-state index contributed by atoms with van der Waals surface area (Å²) in [5.41, 5.74) is 0. The summed E-state index contributed by atoms with van der Waals surface area (Å²) < 4.78 is 0. The molecule has 17 heavy (non-hydrogen) atoms. The number of carbonyl (C=O) groups excluding carboxylic acids is 1. The van der Waals surface area contributed by atoms with Crippen LogP contribution in [0, 0.1) is 5.92 Å². The number of hydrogen-bond acceptors (Lipinski definition) is 2. The minimum absolute atomic E-state index is 0.0605. The second-order valence-corrected chi connectivity index (χ2v) is 5.45. The van der Waals surface area contributed by atoms with Gasteiger partial charge in [-0.05, 0) is 25.7 Å². The van der Waals surface area contributed by atoms with Crippen molar-refractivity contribution in [1.29, 1.82) is 0 Å². The molecule has 0 heterocycles. The Morgan fingerprint density at radius 3 is 2.41 bits per heavy atom. The first-order valence-corrected chi connectivity index (χ1v) is 6.98. The summed E-state index contributed by atoms with van der Waals surface area (Å²) in [6.07, 6.45) is 8.66. The van der Waals surface area contributed by atoms with Crippen molar-refractivity contribution in [3.05, 3.63) is 0 Å². The smallest absolute Gasteiger partial charge is 0.315 e. The van der Waals surface area contributed by atoms with Crippen molar-refractivity contribution >= 4 is 6.03 Å². The van der Waals surface area contributed by atoms with Crippen molar-refractivity contribution in [3.63, 3.8) is 0 Å². The molecule has 0 aliphatic heterocycles. The summed E-state index contributed by atoms with van der Waals surface area (Å²) in [5, 5.41) is 15.7. The molecule has 4 nitrogen and oxygen atoms in total. The van der Waals surface area contributed by atoms with Gasteiger partial charge in [0.05, 0.1) is 6.10 Å². The lowest BCUT2D eigenvalue weighted by molar-refractivity contribution is 0.0708. The van der Waals surface area contributed by atoms with Gasteiger partial charge in [0.15, 0.2) is 0 Å². The molecule has 2 aliphatic carbocycles. The van der Waals surface area contributed by atoms with Gasteiger partial charge in [-0.3, -0.25) is 0 Å². The van der Waals surface area contributed by atoms with Crippen LogP contribution in [-0.4, -0.2) is 29.8 Å². The first kappa shape index (κ1) is 12.7. The van der Waals surface area contributed by atoms with Crippen LogP contribution in [0.2, 0.25) is 0 Å². The average Bonchev–Trinajstić information content (AvgIpc) is 2.81. The average molecular weight is 240 g/mol. The molecule has 98 valence electrons. The van der Waals surface area contributed by atoms with E-state index in [0.29, 0.717) is 12.6 Å². The summed E-state index contributed by atoms with van der Waals surface area (Å²) in [7, 11) is 0. The number of aliphatic hydroxyl groups is 1. The Labute approximate surface area is 103 Å². The normalized spacial score (nSPS) is 30.2. The van der Waals surface area contributed by atoms with E-state index in [9.17, 15) is 9.90 Å². The van der Waals surface area contributed by atoms with Crippen molar-refractivity contribution in [2.45, 2.75) is 63.5 Å². The van der Waals surface area contributed by atoms with E-state index in [1.807, 2.05) is 0 Å². The molecule has 2 rings (SSSR count). The van der Waals surface area contributed by atoms with Gasteiger partial charge in [0, 0.05) is 18.5 Å². The van der Waals surface area contributed by atoms with Crippen LogP contribution in [0.25, 0.3) is 0 Å². The molecular formula is C13H24N2O2. The molecule has 0 aromatic rings. The van der Waals surface area contributed by atoms with Crippen LogP contribution in [0.15, 0.2) is 0 Å². The maximum atomic E-state index is 11.6. The molecule has 2 atom stereocenters. The van der Waals surface area contributed by atoms with Gasteiger partial charge >= 0.3 is 6.03 Å². The Hall–Kier alpha value is -0.770. The van der Waals surface area contributed by atoms with Crippen LogP contribution in [0.4, 0.5) is 4.79 Å². The van der Waals surface area contributed by atoms with Gasteiger partial charge in [-0.1, -0.05) is 25.7 Å². The highest BCUT2D eigenvalue weighted by Crippen LogP contribution is 2.23. The standard InChI is InChI=1S/C13H24N2O2/c16-12-8-4-1-5-10(12)9-14-13(17)15-11-6-2-3-7-11/h10-12,16H,1-9H2,(H2,14,15,17). The fourth-order valence-electron chi connectivity index (χ4n) is 2.96. The van der Waals surface area contributed by atoms with E-state index in [1.54, 1.807) is 0 Å². The van der Waals surface area contributed by atoms with Gasteiger partial charge in [0.2, 0.25) is 0 Å². The molecule has 0 radical (unpaired) electrons. The van der Waals surface area contributed by atoms with Crippen LogP contribution in [0.5, 0.6) is 0 Å². The number of carbonyl (C=O) groups is 1. The minimum atomic E-state index is -0.226. The van der Waals surface area contributed by atoms with Gasteiger partial charge in [-0.25, -0.2) is 4.79 Å². The highest BCUT2D eigenvalue weighted by Gasteiger charge is 2.24. The van der Waals surface area contributed by atoms with Gasteiger partial charge in [0.25, 0.3) is 0 Å². The summed E-state index contributed by atoms with van der Waals surface area (Å²) in [5.74, 6) is 0.248. The van der Waals surface area contributed by atoms with E-state index < -0.39 is 0 Å². The summed E-state index contributed by atoms with van der Waals surface area (Å²) in [6, 6.07) is 0.306. The Bertz CT molecular complexity index is 252.